The number of aromatic amines is 1. The molecule has 0 radical (unpaired) electrons. The maximum absolute atomic E-state index is 13.4. The fourth-order valence-electron chi connectivity index (χ4n) is 2.24. The Balaban J connectivity index is 0.000000637. The first-order valence-electron chi connectivity index (χ1n) is 6.84. The zero-order chi connectivity index (χ0) is 13.8. The third-order valence-electron chi connectivity index (χ3n) is 3.34. The molecule has 5 heteroatoms. The molecular formula is C14H20FN3O. The summed E-state index contributed by atoms with van der Waals surface area (Å²) in [6.07, 6.45) is 3.15. The molecule has 0 aromatic carbocycles. The molecule has 0 aliphatic carbocycles. The van der Waals surface area contributed by atoms with E-state index in [2.05, 4.69) is 15.0 Å². The zero-order valence-electron chi connectivity index (χ0n) is 11.7. The Morgan fingerprint density at radius 1 is 1.32 bits per heavy atom. The van der Waals surface area contributed by atoms with Crippen LogP contribution in [0.1, 0.15) is 44.0 Å². The molecule has 1 N–H and O–H groups in total. The Kier molecular flexibility index (Phi) is 4.47. The summed E-state index contributed by atoms with van der Waals surface area (Å²) in [4.78, 5) is 11.7. The van der Waals surface area contributed by atoms with Crippen molar-refractivity contribution in [2.75, 3.05) is 13.2 Å². The molecule has 19 heavy (non-hydrogen) atoms. The fraction of sp³-hybridized carbons (Fsp3) is 0.571. The van der Waals surface area contributed by atoms with Crippen molar-refractivity contribution in [3.63, 3.8) is 0 Å². The molecule has 0 atom stereocenters. The van der Waals surface area contributed by atoms with E-state index in [4.69, 9.17) is 4.74 Å². The summed E-state index contributed by atoms with van der Waals surface area (Å²) in [6.45, 7) is 7.27. The van der Waals surface area contributed by atoms with Gasteiger partial charge in [0.2, 0.25) is 0 Å². The van der Waals surface area contributed by atoms with Gasteiger partial charge in [0, 0.05) is 24.7 Å². The van der Waals surface area contributed by atoms with Crippen molar-refractivity contribution >= 4 is 11.2 Å². The van der Waals surface area contributed by atoms with Gasteiger partial charge in [-0.1, -0.05) is 13.8 Å². The molecule has 1 aliphatic rings. The van der Waals surface area contributed by atoms with Gasteiger partial charge in [0.05, 0.1) is 11.7 Å². The number of hydrogen-bond donors (Lipinski definition) is 1. The molecule has 0 unspecified atom stereocenters. The van der Waals surface area contributed by atoms with Crippen molar-refractivity contribution in [1.29, 1.82) is 0 Å². The van der Waals surface area contributed by atoms with Gasteiger partial charge in [-0.25, -0.2) is 14.4 Å². The smallest absolute Gasteiger partial charge is 0.178 e. The standard InChI is InChI=1S/C12H14FN3O.C2H6/c1-7-9(13)6-14-12-10(7)15-11(16-12)8-2-4-17-5-3-8;1-2/h6,8H,2-5H2,1H3,(H,14,15,16);1-2H3. The van der Waals surface area contributed by atoms with Crippen LogP contribution in [0.15, 0.2) is 6.20 Å². The van der Waals surface area contributed by atoms with Crippen molar-refractivity contribution in [1.82, 2.24) is 15.0 Å². The van der Waals surface area contributed by atoms with E-state index in [1.54, 1.807) is 6.92 Å². The number of aryl methyl sites for hydroxylation is 1. The maximum atomic E-state index is 13.4. The number of H-pyrrole nitrogens is 1. The highest BCUT2D eigenvalue weighted by Gasteiger charge is 2.20. The topological polar surface area (TPSA) is 50.8 Å². The summed E-state index contributed by atoms with van der Waals surface area (Å²) in [5.41, 5.74) is 1.90. The van der Waals surface area contributed by atoms with E-state index in [0.717, 1.165) is 31.9 Å². The number of nitrogens with one attached hydrogen (secondary N) is 1. The highest BCUT2D eigenvalue weighted by atomic mass is 19.1. The number of aromatic nitrogens is 3. The van der Waals surface area contributed by atoms with E-state index in [-0.39, 0.29) is 5.82 Å². The zero-order valence-corrected chi connectivity index (χ0v) is 11.7. The number of halogens is 1. The van der Waals surface area contributed by atoms with Gasteiger partial charge in [0.25, 0.3) is 0 Å². The van der Waals surface area contributed by atoms with E-state index < -0.39 is 0 Å². The molecule has 2 aromatic rings. The molecule has 3 heterocycles. The second kappa shape index (κ2) is 6.10. The lowest BCUT2D eigenvalue weighted by molar-refractivity contribution is 0.0838. The predicted molar refractivity (Wildman–Crippen MR) is 72.7 cm³/mol. The van der Waals surface area contributed by atoms with Gasteiger partial charge in [0.1, 0.15) is 11.6 Å². The van der Waals surface area contributed by atoms with Crippen LogP contribution < -0.4 is 0 Å². The first-order valence-corrected chi connectivity index (χ1v) is 6.84. The van der Waals surface area contributed by atoms with E-state index in [0.29, 0.717) is 22.6 Å². The number of fused-ring (bicyclic) bond motifs is 1. The van der Waals surface area contributed by atoms with Crippen LogP contribution in [0.5, 0.6) is 0 Å². The van der Waals surface area contributed by atoms with Crippen molar-refractivity contribution in [2.45, 2.75) is 39.5 Å². The second-order valence-electron chi connectivity index (χ2n) is 4.44. The normalized spacial score (nSPS) is 16.2. The second-order valence-corrected chi connectivity index (χ2v) is 4.44. The monoisotopic (exact) mass is 265 g/mol. The minimum absolute atomic E-state index is 0.292. The van der Waals surface area contributed by atoms with Gasteiger partial charge in [-0.2, -0.15) is 0 Å². The molecule has 1 saturated heterocycles. The maximum Gasteiger partial charge on any atom is 0.178 e. The summed E-state index contributed by atoms with van der Waals surface area (Å²) >= 11 is 0. The quantitative estimate of drug-likeness (QED) is 0.860. The Morgan fingerprint density at radius 3 is 2.68 bits per heavy atom. The number of hydrogen-bond acceptors (Lipinski definition) is 3. The summed E-state index contributed by atoms with van der Waals surface area (Å²) < 4.78 is 18.7. The van der Waals surface area contributed by atoms with Crippen molar-refractivity contribution in [3.8, 4) is 0 Å². The summed E-state index contributed by atoms with van der Waals surface area (Å²) in [5.74, 6) is 0.990. The molecule has 4 nitrogen and oxygen atoms in total. The van der Waals surface area contributed by atoms with Gasteiger partial charge in [-0.15, -0.1) is 0 Å². The Hall–Kier alpha value is -1.49. The van der Waals surface area contributed by atoms with Crippen LogP contribution in [0.4, 0.5) is 4.39 Å². The van der Waals surface area contributed by atoms with E-state index in [1.165, 1.54) is 6.20 Å². The minimum atomic E-state index is -0.292. The molecule has 1 fully saturated rings. The molecule has 0 spiro atoms. The number of imidazole rings is 1. The lowest BCUT2D eigenvalue weighted by Gasteiger charge is -2.19. The van der Waals surface area contributed by atoms with Gasteiger partial charge in [-0.05, 0) is 19.8 Å². The van der Waals surface area contributed by atoms with E-state index >= 15 is 0 Å². The van der Waals surface area contributed by atoms with Crippen LogP contribution in [0.2, 0.25) is 0 Å². The highest BCUT2D eigenvalue weighted by Crippen LogP contribution is 2.27. The largest absolute Gasteiger partial charge is 0.381 e. The molecule has 0 amide bonds. The first-order chi connectivity index (χ1) is 9.25. The van der Waals surface area contributed by atoms with Crippen molar-refractivity contribution in [2.24, 2.45) is 0 Å². The summed E-state index contributed by atoms with van der Waals surface area (Å²) in [5, 5.41) is 0. The third kappa shape index (κ3) is 2.76. The van der Waals surface area contributed by atoms with Gasteiger partial charge in [0.15, 0.2) is 5.65 Å². The van der Waals surface area contributed by atoms with E-state index in [1.807, 2.05) is 13.8 Å². The van der Waals surface area contributed by atoms with Gasteiger partial charge >= 0.3 is 0 Å². The number of rotatable bonds is 1. The number of nitrogens with zero attached hydrogens (tertiary/aromatic N) is 2. The van der Waals surface area contributed by atoms with Crippen molar-refractivity contribution in [3.05, 3.63) is 23.4 Å². The van der Waals surface area contributed by atoms with Crippen LogP contribution in [-0.2, 0) is 4.74 Å². The molecule has 1 aliphatic heterocycles. The van der Waals surface area contributed by atoms with Gasteiger partial charge < -0.3 is 9.72 Å². The Bertz CT molecular complexity index is 547. The highest BCUT2D eigenvalue weighted by molar-refractivity contribution is 5.74. The lowest BCUT2D eigenvalue weighted by atomic mass is 10.00. The predicted octanol–water partition coefficient (Wildman–Crippen LogP) is 3.33. The average molecular weight is 265 g/mol. The SMILES string of the molecule is CC.Cc1c(F)cnc2nc(C3CCOCC3)[nH]c12. The first kappa shape index (κ1) is 13.9. The van der Waals surface area contributed by atoms with Crippen LogP contribution in [0.3, 0.4) is 0 Å². The number of ether oxygens (including phenoxy) is 1. The molecule has 2 aromatic heterocycles. The summed E-state index contributed by atoms with van der Waals surface area (Å²) in [7, 11) is 0. The van der Waals surface area contributed by atoms with Crippen molar-refractivity contribution < 1.29 is 9.13 Å². The lowest BCUT2D eigenvalue weighted by Crippen LogP contribution is -2.15. The Morgan fingerprint density at radius 2 is 2.00 bits per heavy atom. The van der Waals surface area contributed by atoms with Crippen LogP contribution in [0, 0.1) is 12.7 Å². The molecular weight excluding hydrogens is 245 g/mol. The third-order valence-corrected chi connectivity index (χ3v) is 3.34. The van der Waals surface area contributed by atoms with Crippen LogP contribution >= 0.6 is 0 Å². The fourth-order valence-corrected chi connectivity index (χ4v) is 2.24. The Labute approximate surface area is 112 Å². The number of pyridine rings is 1. The minimum Gasteiger partial charge on any atom is -0.381 e. The molecule has 3 rings (SSSR count). The molecule has 104 valence electrons. The van der Waals surface area contributed by atoms with Crippen LogP contribution in [-0.4, -0.2) is 28.2 Å². The van der Waals surface area contributed by atoms with Crippen LogP contribution in [0.25, 0.3) is 11.2 Å². The van der Waals surface area contributed by atoms with Gasteiger partial charge in [-0.3, -0.25) is 0 Å². The van der Waals surface area contributed by atoms with E-state index in [9.17, 15) is 4.39 Å². The average Bonchev–Trinajstić information content (AvgIpc) is 2.91. The molecule has 0 bridgehead atoms. The summed E-state index contributed by atoms with van der Waals surface area (Å²) in [6, 6.07) is 0. The molecule has 0 saturated carbocycles.